The lowest BCUT2D eigenvalue weighted by Gasteiger charge is -2.07. The van der Waals surface area contributed by atoms with E-state index >= 15 is 0 Å². The van der Waals surface area contributed by atoms with E-state index in [1.54, 1.807) is 24.3 Å². The molecule has 0 aliphatic heterocycles. The van der Waals surface area contributed by atoms with Gasteiger partial charge in [-0.3, -0.25) is 0 Å². The zero-order valence-corrected chi connectivity index (χ0v) is 8.57. The number of para-hydroxylation sites is 1. The highest BCUT2D eigenvalue weighted by atomic mass is 19.1. The summed E-state index contributed by atoms with van der Waals surface area (Å²) in [5.74, 6) is 2.25. The smallest absolute Gasteiger partial charge is 0.146 e. The molecule has 0 aromatic heterocycles. The molecule has 0 atom stereocenters. The minimum absolute atomic E-state index is 0.284. The van der Waals surface area contributed by atoms with Crippen LogP contribution in [0, 0.1) is 18.2 Å². The number of hydrogen-bond donors (Lipinski definition) is 1. The first-order valence-corrected chi connectivity index (χ1v) is 4.88. The number of halogens is 1. The maximum atomic E-state index is 13.4. The third-order valence-corrected chi connectivity index (χ3v) is 2.18. The number of hydrogen-bond acceptors (Lipinski definition) is 1. The molecule has 0 heterocycles. The van der Waals surface area contributed by atoms with Crippen molar-refractivity contribution in [2.24, 2.45) is 0 Å². The van der Waals surface area contributed by atoms with Crippen molar-refractivity contribution in [3.05, 3.63) is 59.9 Å². The molecule has 0 aliphatic rings. The lowest BCUT2D eigenvalue weighted by atomic mass is 10.2. The summed E-state index contributed by atoms with van der Waals surface area (Å²) >= 11 is 0. The molecule has 1 nitrogen and oxygen atoms in total. The summed E-state index contributed by atoms with van der Waals surface area (Å²) in [6.07, 6.45) is 5.29. The Hall–Kier alpha value is -2.27. The number of nitrogens with one attached hydrogen (secondary N) is 1. The molecule has 2 aromatic carbocycles. The van der Waals surface area contributed by atoms with Crippen LogP contribution in [-0.4, -0.2) is 0 Å². The van der Waals surface area contributed by atoms with E-state index in [9.17, 15) is 4.39 Å². The largest absolute Gasteiger partial charge is 0.353 e. The molecule has 0 amide bonds. The van der Waals surface area contributed by atoms with E-state index in [4.69, 9.17) is 6.42 Å². The van der Waals surface area contributed by atoms with Crippen molar-refractivity contribution in [1.82, 2.24) is 0 Å². The summed E-state index contributed by atoms with van der Waals surface area (Å²) in [6.45, 7) is 0. The number of anilines is 2. The van der Waals surface area contributed by atoms with Crippen LogP contribution < -0.4 is 5.32 Å². The average Bonchev–Trinajstić information content (AvgIpc) is 2.32. The minimum Gasteiger partial charge on any atom is -0.353 e. The lowest BCUT2D eigenvalue weighted by molar-refractivity contribution is 0.632. The van der Waals surface area contributed by atoms with Gasteiger partial charge in [0.2, 0.25) is 0 Å². The van der Waals surface area contributed by atoms with Crippen LogP contribution in [0.15, 0.2) is 48.5 Å². The molecule has 0 aliphatic carbocycles. The van der Waals surface area contributed by atoms with Gasteiger partial charge >= 0.3 is 0 Å². The lowest BCUT2D eigenvalue weighted by Crippen LogP contribution is -1.93. The molecular weight excluding hydrogens is 201 g/mol. The second-order valence-corrected chi connectivity index (χ2v) is 3.33. The van der Waals surface area contributed by atoms with Gasteiger partial charge in [0.25, 0.3) is 0 Å². The second kappa shape index (κ2) is 4.50. The van der Waals surface area contributed by atoms with Gasteiger partial charge in [-0.15, -0.1) is 6.42 Å². The zero-order chi connectivity index (χ0) is 11.4. The van der Waals surface area contributed by atoms with E-state index in [2.05, 4.69) is 11.2 Å². The van der Waals surface area contributed by atoms with Gasteiger partial charge in [-0.2, -0.15) is 0 Å². The summed E-state index contributed by atoms with van der Waals surface area (Å²) in [4.78, 5) is 0. The number of rotatable bonds is 2. The summed E-state index contributed by atoms with van der Waals surface area (Å²) in [6, 6.07) is 13.8. The average molecular weight is 211 g/mol. The van der Waals surface area contributed by atoms with Crippen LogP contribution in [0.25, 0.3) is 0 Å². The van der Waals surface area contributed by atoms with E-state index < -0.39 is 0 Å². The van der Waals surface area contributed by atoms with Crippen LogP contribution in [0.1, 0.15) is 5.56 Å². The Morgan fingerprint density at radius 2 is 1.88 bits per heavy atom. The monoisotopic (exact) mass is 211 g/mol. The van der Waals surface area contributed by atoms with Crippen LogP contribution in [0.2, 0.25) is 0 Å². The zero-order valence-electron chi connectivity index (χ0n) is 8.57. The van der Waals surface area contributed by atoms with Gasteiger partial charge in [0.05, 0.1) is 5.69 Å². The summed E-state index contributed by atoms with van der Waals surface area (Å²) in [7, 11) is 0. The molecule has 0 saturated carbocycles. The SMILES string of the molecule is C#Cc1cccc(Nc2ccccc2F)c1. The Kier molecular flexibility index (Phi) is 2.88. The molecule has 78 valence electrons. The molecule has 0 fully saturated rings. The van der Waals surface area contributed by atoms with Crippen molar-refractivity contribution in [3.8, 4) is 12.3 Å². The van der Waals surface area contributed by atoms with Crippen LogP contribution in [0.3, 0.4) is 0 Å². The topological polar surface area (TPSA) is 12.0 Å². The molecule has 0 bridgehead atoms. The summed E-state index contributed by atoms with van der Waals surface area (Å²) in [5.41, 5.74) is 1.98. The maximum Gasteiger partial charge on any atom is 0.146 e. The highest BCUT2D eigenvalue weighted by Crippen LogP contribution is 2.19. The first kappa shape index (κ1) is 10.3. The van der Waals surface area contributed by atoms with Crippen LogP contribution >= 0.6 is 0 Å². The van der Waals surface area contributed by atoms with Crippen molar-refractivity contribution in [1.29, 1.82) is 0 Å². The maximum absolute atomic E-state index is 13.4. The first-order valence-electron chi connectivity index (χ1n) is 4.88. The molecule has 0 saturated heterocycles. The van der Waals surface area contributed by atoms with Gasteiger partial charge in [0.1, 0.15) is 5.82 Å². The minimum atomic E-state index is -0.284. The van der Waals surface area contributed by atoms with Crippen molar-refractivity contribution < 1.29 is 4.39 Å². The van der Waals surface area contributed by atoms with E-state index in [0.29, 0.717) is 5.69 Å². The first-order chi connectivity index (χ1) is 7.79. The third-order valence-electron chi connectivity index (χ3n) is 2.18. The van der Waals surface area contributed by atoms with Crippen molar-refractivity contribution in [3.63, 3.8) is 0 Å². The predicted octanol–water partition coefficient (Wildman–Crippen LogP) is 3.55. The Labute approximate surface area is 93.9 Å². The standard InChI is InChI=1S/C14H10FN/c1-2-11-6-5-7-12(10-11)16-14-9-4-3-8-13(14)15/h1,3-10,16H. The van der Waals surface area contributed by atoms with Crippen LogP contribution in [-0.2, 0) is 0 Å². The van der Waals surface area contributed by atoms with Gasteiger partial charge in [-0.1, -0.05) is 24.1 Å². The van der Waals surface area contributed by atoms with Crippen molar-refractivity contribution in [2.75, 3.05) is 5.32 Å². The summed E-state index contributed by atoms with van der Waals surface area (Å²) in [5, 5.41) is 2.98. The Morgan fingerprint density at radius 1 is 1.06 bits per heavy atom. The van der Waals surface area contributed by atoms with Crippen LogP contribution in [0.4, 0.5) is 15.8 Å². The van der Waals surface area contributed by atoms with Crippen molar-refractivity contribution >= 4 is 11.4 Å². The molecule has 2 rings (SSSR count). The van der Waals surface area contributed by atoms with Gasteiger partial charge in [0.15, 0.2) is 0 Å². The van der Waals surface area contributed by atoms with E-state index in [1.165, 1.54) is 6.07 Å². The van der Waals surface area contributed by atoms with Gasteiger partial charge in [-0.25, -0.2) is 4.39 Å². The van der Waals surface area contributed by atoms with E-state index in [-0.39, 0.29) is 5.82 Å². The fraction of sp³-hybridized carbons (Fsp3) is 0. The fourth-order valence-electron chi connectivity index (χ4n) is 1.40. The van der Waals surface area contributed by atoms with E-state index in [0.717, 1.165) is 11.3 Å². The molecular formula is C14H10FN. The van der Waals surface area contributed by atoms with Gasteiger partial charge < -0.3 is 5.32 Å². The molecule has 2 aromatic rings. The molecule has 0 unspecified atom stereocenters. The highest BCUT2D eigenvalue weighted by Gasteiger charge is 2.00. The van der Waals surface area contributed by atoms with Crippen LogP contribution in [0.5, 0.6) is 0 Å². The Morgan fingerprint density at radius 3 is 2.62 bits per heavy atom. The van der Waals surface area contributed by atoms with E-state index in [1.807, 2.05) is 18.2 Å². The van der Waals surface area contributed by atoms with Gasteiger partial charge in [-0.05, 0) is 30.3 Å². The molecule has 0 spiro atoms. The quantitative estimate of drug-likeness (QED) is 0.749. The second-order valence-electron chi connectivity index (χ2n) is 3.33. The Bertz CT molecular complexity index is 540. The Balaban J connectivity index is 2.28. The predicted molar refractivity (Wildman–Crippen MR) is 64.1 cm³/mol. The molecule has 16 heavy (non-hydrogen) atoms. The van der Waals surface area contributed by atoms with Crippen molar-refractivity contribution in [2.45, 2.75) is 0 Å². The number of benzene rings is 2. The fourth-order valence-corrected chi connectivity index (χ4v) is 1.40. The molecule has 0 radical (unpaired) electrons. The number of terminal acetylenes is 1. The normalized spacial score (nSPS) is 9.50. The highest BCUT2D eigenvalue weighted by molar-refractivity contribution is 5.61. The summed E-state index contributed by atoms with van der Waals surface area (Å²) < 4.78 is 13.4. The third kappa shape index (κ3) is 2.21. The molecule has 2 heteroatoms. The molecule has 1 N–H and O–H groups in total. The van der Waals surface area contributed by atoms with Gasteiger partial charge in [0, 0.05) is 11.3 Å².